The number of pyridine rings is 1. The van der Waals surface area contributed by atoms with Crippen LogP contribution in [0.5, 0.6) is 0 Å². The Hall–Kier alpha value is -1.91. The van der Waals surface area contributed by atoms with Crippen LogP contribution in [0.25, 0.3) is 0 Å². The number of hydrogen-bond acceptors (Lipinski definition) is 3. The van der Waals surface area contributed by atoms with E-state index in [2.05, 4.69) is 10.3 Å². The zero-order valence-electron chi connectivity index (χ0n) is 10.3. The normalized spacial score (nSPS) is 10.2. The van der Waals surface area contributed by atoms with Gasteiger partial charge in [-0.15, -0.1) is 0 Å². The van der Waals surface area contributed by atoms with E-state index in [4.69, 9.17) is 17.3 Å². The maximum absolute atomic E-state index is 12.0. The van der Waals surface area contributed by atoms with Crippen LogP contribution < -0.4 is 11.1 Å². The molecule has 3 N–H and O–H groups in total. The van der Waals surface area contributed by atoms with Crippen molar-refractivity contribution in [2.45, 2.75) is 13.0 Å². The molecule has 0 bridgehead atoms. The second-order valence-corrected chi connectivity index (χ2v) is 4.40. The monoisotopic (exact) mass is 275 g/mol. The average Bonchev–Trinajstić information content (AvgIpc) is 2.42. The van der Waals surface area contributed by atoms with Gasteiger partial charge < -0.3 is 11.1 Å². The SMILES string of the molecule is NCc1ccccc1CC(=O)Nc1cccnc1Cl. The molecule has 0 unspecified atom stereocenters. The van der Waals surface area contributed by atoms with Crippen LogP contribution >= 0.6 is 11.6 Å². The molecule has 98 valence electrons. The van der Waals surface area contributed by atoms with Gasteiger partial charge >= 0.3 is 0 Å². The maximum Gasteiger partial charge on any atom is 0.228 e. The van der Waals surface area contributed by atoms with Gasteiger partial charge in [0.05, 0.1) is 12.1 Å². The summed E-state index contributed by atoms with van der Waals surface area (Å²) in [6.07, 6.45) is 1.83. The van der Waals surface area contributed by atoms with Crippen LogP contribution in [-0.2, 0) is 17.8 Å². The van der Waals surface area contributed by atoms with Crippen LogP contribution in [0.15, 0.2) is 42.6 Å². The smallest absolute Gasteiger partial charge is 0.228 e. The van der Waals surface area contributed by atoms with Crippen LogP contribution in [0, 0.1) is 0 Å². The fourth-order valence-corrected chi connectivity index (χ4v) is 1.94. The van der Waals surface area contributed by atoms with Gasteiger partial charge in [0, 0.05) is 12.7 Å². The summed E-state index contributed by atoms with van der Waals surface area (Å²) in [6, 6.07) is 11.0. The van der Waals surface area contributed by atoms with E-state index < -0.39 is 0 Å². The molecule has 0 saturated carbocycles. The Morgan fingerprint density at radius 2 is 1.95 bits per heavy atom. The number of nitrogens with zero attached hydrogens (tertiary/aromatic N) is 1. The van der Waals surface area contributed by atoms with Crippen molar-refractivity contribution in [1.82, 2.24) is 4.98 Å². The molecule has 19 heavy (non-hydrogen) atoms. The number of nitrogens with one attached hydrogen (secondary N) is 1. The number of rotatable bonds is 4. The van der Waals surface area contributed by atoms with E-state index in [1.165, 1.54) is 0 Å². The molecule has 5 heteroatoms. The number of amides is 1. The summed E-state index contributed by atoms with van der Waals surface area (Å²) in [6.45, 7) is 0.414. The molecule has 0 aliphatic rings. The first-order chi connectivity index (χ1) is 9.20. The van der Waals surface area contributed by atoms with Gasteiger partial charge in [-0.25, -0.2) is 4.98 Å². The maximum atomic E-state index is 12.0. The number of carbonyl (C=O) groups is 1. The fourth-order valence-electron chi connectivity index (χ4n) is 1.78. The molecule has 1 amide bonds. The number of halogens is 1. The van der Waals surface area contributed by atoms with Crippen LogP contribution in [0.4, 0.5) is 5.69 Å². The topological polar surface area (TPSA) is 68.0 Å². The third kappa shape index (κ3) is 3.53. The first-order valence-electron chi connectivity index (χ1n) is 5.88. The van der Waals surface area contributed by atoms with E-state index in [1.54, 1.807) is 18.3 Å². The standard InChI is InChI=1S/C14H14ClN3O/c15-14-12(6-3-7-17-14)18-13(19)8-10-4-1-2-5-11(10)9-16/h1-7H,8-9,16H2,(H,18,19). The lowest BCUT2D eigenvalue weighted by Crippen LogP contribution is -2.16. The van der Waals surface area contributed by atoms with Gasteiger partial charge in [0.2, 0.25) is 5.91 Å². The number of aromatic nitrogens is 1. The van der Waals surface area contributed by atoms with Crippen molar-refractivity contribution in [3.63, 3.8) is 0 Å². The van der Waals surface area contributed by atoms with Gasteiger partial charge in [0.1, 0.15) is 0 Å². The summed E-state index contributed by atoms with van der Waals surface area (Å²) in [4.78, 5) is 15.9. The van der Waals surface area contributed by atoms with Gasteiger partial charge in [0.15, 0.2) is 5.15 Å². The minimum absolute atomic E-state index is 0.143. The van der Waals surface area contributed by atoms with Crippen molar-refractivity contribution in [1.29, 1.82) is 0 Å². The molecule has 1 heterocycles. The van der Waals surface area contributed by atoms with Gasteiger partial charge in [-0.05, 0) is 23.3 Å². The first-order valence-corrected chi connectivity index (χ1v) is 6.25. The Kier molecular flexibility index (Phi) is 4.49. The number of carbonyl (C=O) groups excluding carboxylic acids is 1. The molecule has 2 aromatic rings. The summed E-state index contributed by atoms with van der Waals surface area (Å²) >= 11 is 5.88. The fraction of sp³-hybridized carbons (Fsp3) is 0.143. The third-order valence-electron chi connectivity index (χ3n) is 2.72. The average molecular weight is 276 g/mol. The molecule has 0 radical (unpaired) electrons. The third-order valence-corrected chi connectivity index (χ3v) is 3.02. The number of nitrogens with two attached hydrogens (primary N) is 1. The zero-order chi connectivity index (χ0) is 13.7. The molecule has 0 fully saturated rings. The van der Waals surface area contributed by atoms with Gasteiger partial charge in [-0.3, -0.25) is 4.79 Å². The van der Waals surface area contributed by atoms with E-state index in [0.717, 1.165) is 11.1 Å². The van der Waals surface area contributed by atoms with E-state index in [0.29, 0.717) is 12.2 Å². The van der Waals surface area contributed by atoms with E-state index in [-0.39, 0.29) is 17.5 Å². The van der Waals surface area contributed by atoms with Crippen LogP contribution in [0.2, 0.25) is 5.15 Å². The summed E-state index contributed by atoms with van der Waals surface area (Å²) in [5.41, 5.74) is 8.04. The van der Waals surface area contributed by atoms with E-state index in [1.807, 2.05) is 24.3 Å². The molecule has 2 rings (SSSR count). The van der Waals surface area contributed by atoms with Crippen molar-refractivity contribution in [3.05, 3.63) is 58.9 Å². The summed E-state index contributed by atoms with van der Waals surface area (Å²) in [5.74, 6) is -0.143. The number of anilines is 1. The largest absolute Gasteiger partial charge is 0.326 e. The molecular formula is C14H14ClN3O. The van der Waals surface area contributed by atoms with Crippen molar-refractivity contribution in [2.75, 3.05) is 5.32 Å². The summed E-state index contributed by atoms with van der Waals surface area (Å²) < 4.78 is 0. The predicted octanol–water partition coefficient (Wildman–Crippen LogP) is 2.37. The highest BCUT2D eigenvalue weighted by Gasteiger charge is 2.09. The molecule has 0 atom stereocenters. The quantitative estimate of drug-likeness (QED) is 0.842. The second kappa shape index (κ2) is 6.31. The Morgan fingerprint density at radius 1 is 1.21 bits per heavy atom. The minimum Gasteiger partial charge on any atom is -0.326 e. The van der Waals surface area contributed by atoms with Gasteiger partial charge in [-0.1, -0.05) is 35.9 Å². The van der Waals surface area contributed by atoms with Crippen LogP contribution in [0.1, 0.15) is 11.1 Å². The van der Waals surface area contributed by atoms with Crippen LogP contribution in [0.3, 0.4) is 0 Å². The molecular weight excluding hydrogens is 262 g/mol. The molecule has 0 spiro atoms. The van der Waals surface area contributed by atoms with E-state index >= 15 is 0 Å². The Balaban J connectivity index is 2.08. The summed E-state index contributed by atoms with van der Waals surface area (Å²) in [5, 5.41) is 3.02. The molecule has 0 aliphatic carbocycles. The lowest BCUT2D eigenvalue weighted by Gasteiger charge is -2.09. The Morgan fingerprint density at radius 3 is 2.63 bits per heavy atom. The molecule has 0 saturated heterocycles. The summed E-state index contributed by atoms with van der Waals surface area (Å²) in [7, 11) is 0. The Labute approximate surface area is 116 Å². The highest BCUT2D eigenvalue weighted by atomic mass is 35.5. The number of benzene rings is 1. The Bertz CT molecular complexity index is 586. The lowest BCUT2D eigenvalue weighted by molar-refractivity contribution is -0.115. The van der Waals surface area contributed by atoms with E-state index in [9.17, 15) is 4.79 Å². The zero-order valence-corrected chi connectivity index (χ0v) is 11.0. The first kappa shape index (κ1) is 13.5. The molecule has 1 aromatic heterocycles. The van der Waals surface area contributed by atoms with Crippen molar-refractivity contribution < 1.29 is 4.79 Å². The predicted molar refractivity (Wildman–Crippen MR) is 75.9 cm³/mol. The molecule has 4 nitrogen and oxygen atoms in total. The lowest BCUT2D eigenvalue weighted by atomic mass is 10.0. The number of hydrogen-bond donors (Lipinski definition) is 2. The van der Waals surface area contributed by atoms with Crippen molar-refractivity contribution in [3.8, 4) is 0 Å². The minimum atomic E-state index is -0.143. The van der Waals surface area contributed by atoms with Gasteiger partial charge in [0.25, 0.3) is 0 Å². The highest BCUT2D eigenvalue weighted by molar-refractivity contribution is 6.32. The highest BCUT2D eigenvalue weighted by Crippen LogP contribution is 2.18. The molecule has 1 aromatic carbocycles. The van der Waals surface area contributed by atoms with Gasteiger partial charge in [-0.2, -0.15) is 0 Å². The van der Waals surface area contributed by atoms with Crippen molar-refractivity contribution in [2.24, 2.45) is 5.73 Å². The second-order valence-electron chi connectivity index (χ2n) is 4.04. The van der Waals surface area contributed by atoms with Crippen molar-refractivity contribution >= 4 is 23.2 Å². The van der Waals surface area contributed by atoms with Crippen LogP contribution in [-0.4, -0.2) is 10.9 Å². The molecule has 0 aliphatic heterocycles.